The van der Waals surface area contributed by atoms with Gasteiger partial charge in [-0.2, -0.15) is 0 Å². The molecule has 1 heteroatoms. The van der Waals surface area contributed by atoms with Crippen LogP contribution in [0.2, 0.25) is 0 Å². The maximum atomic E-state index is 3.61. The van der Waals surface area contributed by atoms with E-state index in [2.05, 4.69) is 64.2 Å². The van der Waals surface area contributed by atoms with Gasteiger partial charge in [-0.25, -0.2) is 0 Å². The second kappa shape index (κ2) is 8.37. The lowest BCUT2D eigenvalue weighted by Gasteiger charge is -2.22. The zero-order valence-electron chi connectivity index (χ0n) is 13.4. The molecule has 1 rings (SSSR count). The highest BCUT2D eigenvalue weighted by Crippen LogP contribution is 2.19. The molecule has 1 nitrogen and oxygen atoms in total. The molecule has 0 heterocycles. The summed E-state index contributed by atoms with van der Waals surface area (Å²) in [4.78, 5) is 0. The first-order chi connectivity index (χ1) is 9.01. The quantitative estimate of drug-likeness (QED) is 0.722. The van der Waals surface area contributed by atoms with E-state index < -0.39 is 0 Å². The van der Waals surface area contributed by atoms with E-state index in [1.165, 1.54) is 30.4 Å². The van der Waals surface area contributed by atoms with E-state index in [4.69, 9.17) is 0 Å². The molecule has 2 atom stereocenters. The summed E-state index contributed by atoms with van der Waals surface area (Å²) in [5, 5.41) is 3.61. The van der Waals surface area contributed by atoms with Gasteiger partial charge in [0.25, 0.3) is 0 Å². The third-order valence-corrected chi connectivity index (χ3v) is 3.89. The molecule has 0 bridgehead atoms. The molecule has 0 spiro atoms. The molecule has 0 saturated carbocycles. The van der Waals surface area contributed by atoms with Crippen LogP contribution in [0.15, 0.2) is 24.3 Å². The first kappa shape index (κ1) is 16.2. The summed E-state index contributed by atoms with van der Waals surface area (Å²) in [5.41, 5.74) is 2.83. The molecule has 1 N–H and O–H groups in total. The van der Waals surface area contributed by atoms with Crippen molar-refractivity contribution in [2.24, 2.45) is 11.8 Å². The molecule has 2 unspecified atom stereocenters. The van der Waals surface area contributed by atoms with E-state index in [-0.39, 0.29) is 0 Å². The largest absolute Gasteiger partial charge is 0.314 e. The normalized spacial score (nSPS) is 14.6. The standard InChI is InChI=1S/C18H31N/c1-6-15(4)11-18(13-19-14(2)3)12-17-9-7-16(5)8-10-17/h7-10,14-15,18-19H,6,11-13H2,1-5H3. The average Bonchev–Trinajstić information content (AvgIpc) is 2.38. The van der Waals surface area contributed by atoms with Crippen molar-refractivity contribution < 1.29 is 0 Å². The highest BCUT2D eigenvalue weighted by Gasteiger charge is 2.13. The van der Waals surface area contributed by atoms with Crippen molar-refractivity contribution in [3.8, 4) is 0 Å². The molecule has 0 radical (unpaired) electrons. The van der Waals surface area contributed by atoms with Crippen LogP contribution in [0.4, 0.5) is 0 Å². The van der Waals surface area contributed by atoms with Gasteiger partial charge >= 0.3 is 0 Å². The summed E-state index contributed by atoms with van der Waals surface area (Å²) in [7, 11) is 0. The molecule has 0 aliphatic heterocycles. The first-order valence-electron chi connectivity index (χ1n) is 7.80. The van der Waals surface area contributed by atoms with Crippen LogP contribution in [0, 0.1) is 18.8 Å². The van der Waals surface area contributed by atoms with E-state index in [1.54, 1.807) is 0 Å². The predicted octanol–water partition coefficient (Wildman–Crippen LogP) is 4.59. The van der Waals surface area contributed by atoms with Crippen LogP contribution in [0.25, 0.3) is 0 Å². The van der Waals surface area contributed by atoms with Gasteiger partial charge in [0.05, 0.1) is 0 Å². The molecule has 108 valence electrons. The van der Waals surface area contributed by atoms with Crippen LogP contribution in [-0.2, 0) is 6.42 Å². The Labute approximate surface area is 119 Å². The average molecular weight is 261 g/mol. The highest BCUT2D eigenvalue weighted by atomic mass is 14.9. The summed E-state index contributed by atoms with van der Waals surface area (Å²) in [6, 6.07) is 9.61. The minimum absolute atomic E-state index is 0.581. The Hall–Kier alpha value is -0.820. The molecule has 0 aromatic heterocycles. The monoisotopic (exact) mass is 261 g/mol. The number of hydrogen-bond donors (Lipinski definition) is 1. The van der Waals surface area contributed by atoms with Gasteiger partial charge in [-0.3, -0.25) is 0 Å². The Morgan fingerprint density at radius 3 is 2.21 bits per heavy atom. The topological polar surface area (TPSA) is 12.0 Å². The molecule has 19 heavy (non-hydrogen) atoms. The van der Waals surface area contributed by atoms with Crippen molar-refractivity contribution >= 4 is 0 Å². The number of hydrogen-bond acceptors (Lipinski definition) is 1. The summed E-state index contributed by atoms with van der Waals surface area (Å²) in [6.45, 7) is 12.4. The first-order valence-corrected chi connectivity index (χ1v) is 7.80. The van der Waals surface area contributed by atoms with Crippen LogP contribution in [0.1, 0.15) is 51.7 Å². The Morgan fingerprint density at radius 2 is 1.68 bits per heavy atom. The molecule has 0 fully saturated rings. The van der Waals surface area contributed by atoms with Gasteiger partial charge in [-0.05, 0) is 43.7 Å². The van der Waals surface area contributed by atoms with E-state index in [0.717, 1.165) is 18.4 Å². The molecule has 1 aromatic carbocycles. The lowest BCUT2D eigenvalue weighted by Crippen LogP contribution is -2.30. The minimum atomic E-state index is 0.581. The molecule has 0 aliphatic carbocycles. The van der Waals surface area contributed by atoms with Gasteiger partial charge in [-0.15, -0.1) is 0 Å². The number of aryl methyl sites for hydroxylation is 1. The number of rotatable bonds is 8. The van der Waals surface area contributed by atoms with Gasteiger partial charge in [-0.1, -0.05) is 63.9 Å². The van der Waals surface area contributed by atoms with E-state index in [1.807, 2.05) is 0 Å². The van der Waals surface area contributed by atoms with Crippen LogP contribution >= 0.6 is 0 Å². The van der Waals surface area contributed by atoms with Gasteiger partial charge in [0.2, 0.25) is 0 Å². The van der Waals surface area contributed by atoms with Crippen molar-refractivity contribution in [1.29, 1.82) is 0 Å². The number of nitrogens with one attached hydrogen (secondary N) is 1. The predicted molar refractivity (Wildman–Crippen MR) is 85.6 cm³/mol. The third-order valence-electron chi connectivity index (χ3n) is 3.89. The van der Waals surface area contributed by atoms with Crippen LogP contribution in [-0.4, -0.2) is 12.6 Å². The van der Waals surface area contributed by atoms with Crippen LogP contribution < -0.4 is 5.32 Å². The fraction of sp³-hybridized carbons (Fsp3) is 0.667. The van der Waals surface area contributed by atoms with Crippen LogP contribution in [0.5, 0.6) is 0 Å². The molecule has 0 saturated heterocycles. The fourth-order valence-electron chi connectivity index (χ4n) is 2.43. The van der Waals surface area contributed by atoms with E-state index in [0.29, 0.717) is 6.04 Å². The van der Waals surface area contributed by atoms with Gasteiger partial charge in [0.15, 0.2) is 0 Å². The lowest BCUT2D eigenvalue weighted by molar-refractivity contribution is 0.354. The smallest absolute Gasteiger partial charge is 0.00104 e. The Kier molecular flexibility index (Phi) is 7.15. The molecular weight excluding hydrogens is 230 g/mol. The lowest BCUT2D eigenvalue weighted by atomic mass is 9.88. The minimum Gasteiger partial charge on any atom is -0.314 e. The molecular formula is C18H31N. The second-order valence-electron chi connectivity index (χ2n) is 6.37. The summed E-state index contributed by atoms with van der Waals surface area (Å²) >= 11 is 0. The summed E-state index contributed by atoms with van der Waals surface area (Å²) < 4.78 is 0. The highest BCUT2D eigenvalue weighted by molar-refractivity contribution is 5.21. The second-order valence-corrected chi connectivity index (χ2v) is 6.37. The summed E-state index contributed by atoms with van der Waals surface area (Å²) in [5.74, 6) is 1.57. The fourth-order valence-corrected chi connectivity index (χ4v) is 2.43. The van der Waals surface area contributed by atoms with Gasteiger partial charge < -0.3 is 5.32 Å². The van der Waals surface area contributed by atoms with Crippen LogP contribution in [0.3, 0.4) is 0 Å². The maximum Gasteiger partial charge on any atom is 0.00104 e. The molecule has 0 amide bonds. The SMILES string of the molecule is CCC(C)CC(CNC(C)C)Cc1ccc(C)cc1. The van der Waals surface area contributed by atoms with Crippen molar-refractivity contribution in [3.05, 3.63) is 35.4 Å². The van der Waals surface area contributed by atoms with Gasteiger partial charge in [0, 0.05) is 6.04 Å². The number of benzene rings is 1. The van der Waals surface area contributed by atoms with E-state index >= 15 is 0 Å². The third kappa shape index (κ3) is 6.77. The van der Waals surface area contributed by atoms with Gasteiger partial charge in [0.1, 0.15) is 0 Å². The Morgan fingerprint density at radius 1 is 1.05 bits per heavy atom. The molecule has 1 aromatic rings. The van der Waals surface area contributed by atoms with Crippen molar-refractivity contribution in [2.75, 3.05) is 6.54 Å². The zero-order valence-corrected chi connectivity index (χ0v) is 13.4. The zero-order chi connectivity index (χ0) is 14.3. The van der Waals surface area contributed by atoms with Crippen molar-refractivity contribution in [1.82, 2.24) is 5.32 Å². The Balaban J connectivity index is 2.58. The molecule has 0 aliphatic rings. The van der Waals surface area contributed by atoms with Crippen molar-refractivity contribution in [2.45, 2.75) is 59.9 Å². The Bertz CT molecular complexity index is 339. The maximum absolute atomic E-state index is 3.61. The summed E-state index contributed by atoms with van der Waals surface area (Å²) in [6.07, 6.45) is 3.81. The van der Waals surface area contributed by atoms with E-state index in [9.17, 15) is 0 Å². The van der Waals surface area contributed by atoms with Crippen molar-refractivity contribution in [3.63, 3.8) is 0 Å².